The van der Waals surface area contributed by atoms with Gasteiger partial charge in [0.15, 0.2) is 0 Å². The van der Waals surface area contributed by atoms with Gasteiger partial charge in [0, 0.05) is 14.2 Å². The van der Waals surface area contributed by atoms with Crippen LogP contribution >= 0.6 is 0 Å². The Kier molecular flexibility index (Phi) is 4.08. The molecule has 1 aliphatic heterocycles. The largest absolute Gasteiger partial charge is 0.394 e. The molecule has 78 valence electrons. The highest BCUT2D eigenvalue weighted by atomic mass is 16.6. The van der Waals surface area contributed by atoms with Crippen LogP contribution in [0.3, 0.4) is 0 Å². The minimum Gasteiger partial charge on any atom is -0.394 e. The predicted octanol–water partition coefficient (Wildman–Crippen LogP) is -1.23. The van der Waals surface area contributed by atoms with E-state index in [1.165, 1.54) is 14.2 Å². The van der Waals surface area contributed by atoms with Crippen molar-refractivity contribution in [3.63, 3.8) is 0 Å². The Morgan fingerprint density at radius 2 is 2.08 bits per heavy atom. The number of aliphatic hydroxyl groups is 2. The van der Waals surface area contributed by atoms with Crippen LogP contribution in [0.1, 0.15) is 0 Å². The highest BCUT2D eigenvalue weighted by Crippen LogP contribution is 2.19. The summed E-state index contributed by atoms with van der Waals surface area (Å²) >= 11 is 0. The zero-order valence-corrected chi connectivity index (χ0v) is 7.84. The van der Waals surface area contributed by atoms with Crippen molar-refractivity contribution in [2.24, 2.45) is 0 Å². The summed E-state index contributed by atoms with van der Waals surface area (Å²) in [4.78, 5) is 0. The molecule has 0 aromatic heterocycles. The number of ether oxygens (including phenoxy) is 3. The van der Waals surface area contributed by atoms with Gasteiger partial charge in [-0.2, -0.15) is 0 Å². The normalized spacial score (nSPS) is 40.6. The van der Waals surface area contributed by atoms with Crippen molar-refractivity contribution in [2.75, 3.05) is 27.4 Å². The van der Waals surface area contributed by atoms with E-state index in [9.17, 15) is 5.11 Å². The minimum absolute atomic E-state index is 0.161. The molecule has 1 fully saturated rings. The fraction of sp³-hybridized carbons (Fsp3) is 1.00. The highest BCUT2D eigenvalue weighted by Gasteiger charge is 2.39. The third kappa shape index (κ3) is 2.18. The average Bonchev–Trinajstić information content (AvgIpc) is 2.17. The predicted molar refractivity (Wildman–Crippen MR) is 44.4 cm³/mol. The number of rotatable bonds is 3. The molecule has 13 heavy (non-hydrogen) atoms. The second kappa shape index (κ2) is 4.88. The van der Waals surface area contributed by atoms with Crippen LogP contribution in [0, 0.1) is 0 Å². The Labute approximate surface area is 77.2 Å². The fourth-order valence-electron chi connectivity index (χ4n) is 1.50. The van der Waals surface area contributed by atoms with Gasteiger partial charge in [0.25, 0.3) is 0 Å². The molecular formula is C8H16O5. The van der Waals surface area contributed by atoms with Crippen molar-refractivity contribution >= 4 is 0 Å². The molecule has 0 bridgehead atoms. The maximum Gasteiger partial charge on any atom is 0.114 e. The quantitative estimate of drug-likeness (QED) is 0.586. The summed E-state index contributed by atoms with van der Waals surface area (Å²) < 4.78 is 15.3. The van der Waals surface area contributed by atoms with Crippen molar-refractivity contribution in [1.29, 1.82) is 0 Å². The van der Waals surface area contributed by atoms with Crippen molar-refractivity contribution in [1.82, 2.24) is 0 Å². The first-order valence-corrected chi connectivity index (χ1v) is 4.20. The molecule has 0 spiro atoms. The first-order valence-electron chi connectivity index (χ1n) is 4.20. The van der Waals surface area contributed by atoms with Crippen LogP contribution in [0.4, 0.5) is 0 Å². The van der Waals surface area contributed by atoms with Gasteiger partial charge in [-0.25, -0.2) is 0 Å². The summed E-state index contributed by atoms with van der Waals surface area (Å²) in [5.41, 5.74) is 0. The van der Waals surface area contributed by atoms with E-state index in [0.717, 1.165) is 0 Å². The van der Waals surface area contributed by atoms with Gasteiger partial charge in [-0.3, -0.25) is 0 Å². The molecule has 0 amide bonds. The molecule has 1 heterocycles. The molecule has 1 aliphatic rings. The first kappa shape index (κ1) is 10.9. The van der Waals surface area contributed by atoms with E-state index in [0.29, 0.717) is 0 Å². The molecule has 0 aromatic rings. The van der Waals surface area contributed by atoms with Gasteiger partial charge in [-0.1, -0.05) is 0 Å². The lowest BCUT2D eigenvalue weighted by molar-refractivity contribution is -0.210. The van der Waals surface area contributed by atoms with Crippen LogP contribution in [0.5, 0.6) is 0 Å². The standard InChI is InChI=1S/C8H16O5/c1-11-6-4-13-5(3-9)8(12-2)7(6)10/h5-10H,3-4H2,1-2H3/t5?,6?,7?,8-/m1/s1. The highest BCUT2D eigenvalue weighted by molar-refractivity contribution is 4.88. The molecule has 4 atom stereocenters. The van der Waals surface area contributed by atoms with Gasteiger partial charge in [0.1, 0.15) is 24.4 Å². The third-order valence-corrected chi connectivity index (χ3v) is 2.31. The first-order chi connectivity index (χ1) is 6.24. The lowest BCUT2D eigenvalue weighted by Gasteiger charge is -2.37. The van der Waals surface area contributed by atoms with Gasteiger partial charge in [0.2, 0.25) is 0 Å². The van der Waals surface area contributed by atoms with Crippen LogP contribution < -0.4 is 0 Å². The molecule has 2 N–H and O–H groups in total. The third-order valence-electron chi connectivity index (χ3n) is 2.31. The van der Waals surface area contributed by atoms with Gasteiger partial charge >= 0.3 is 0 Å². The monoisotopic (exact) mass is 192 g/mol. The van der Waals surface area contributed by atoms with Crippen LogP contribution in [-0.2, 0) is 14.2 Å². The van der Waals surface area contributed by atoms with Crippen LogP contribution in [-0.4, -0.2) is 62.1 Å². The molecule has 0 aliphatic carbocycles. The van der Waals surface area contributed by atoms with E-state index >= 15 is 0 Å². The zero-order chi connectivity index (χ0) is 9.84. The van der Waals surface area contributed by atoms with E-state index in [1.54, 1.807) is 0 Å². The molecule has 1 saturated heterocycles. The van der Waals surface area contributed by atoms with Crippen molar-refractivity contribution in [3.05, 3.63) is 0 Å². The number of hydrogen-bond acceptors (Lipinski definition) is 5. The Balaban J connectivity index is 2.59. The zero-order valence-electron chi connectivity index (χ0n) is 7.84. The SMILES string of the molecule is COC1COC(CO)[C@@H](OC)C1O. The second-order valence-corrected chi connectivity index (χ2v) is 3.02. The van der Waals surface area contributed by atoms with E-state index in [2.05, 4.69) is 0 Å². The lowest BCUT2D eigenvalue weighted by Crippen LogP contribution is -2.55. The smallest absolute Gasteiger partial charge is 0.114 e. The van der Waals surface area contributed by atoms with E-state index in [-0.39, 0.29) is 19.3 Å². The van der Waals surface area contributed by atoms with E-state index in [4.69, 9.17) is 19.3 Å². The average molecular weight is 192 g/mol. The summed E-state index contributed by atoms with van der Waals surface area (Å²) in [5.74, 6) is 0. The fourth-order valence-corrected chi connectivity index (χ4v) is 1.50. The second-order valence-electron chi connectivity index (χ2n) is 3.02. The van der Waals surface area contributed by atoms with Crippen LogP contribution in [0.15, 0.2) is 0 Å². The summed E-state index contributed by atoms with van der Waals surface area (Å²) in [7, 11) is 2.97. The summed E-state index contributed by atoms with van der Waals surface area (Å²) in [6.45, 7) is 0.120. The van der Waals surface area contributed by atoms with Crippen molar-refractivity contribution in [3.8, 4) is 0 Å². The minimum atomic E-state index is -0.749. The maximum atomic E-state index is 9.69. The van der Waals surface area contributed by atoms with Gasteiger partial charge < -0.3 is 24.4 Å². The Hall–Kier alpha value is -0.200. The molecule has 5 nitrogen and oxygen atoms in total. The topological polar surface area (TPSA) is 68.2 Å². The van der Waals surface area contributed by atoms with Gasteiger partial charge in [0.05, 0.1) is 13.2 Å². The van der Waals surface area contributed by atoms with Crippen molar-refractivity contribution < 1.29 is 24.4 Å². The van der Waals surface area contributed by atoms with E-state index in [1.807, 2.05) is 0 Å². The van der Waals surface area contributed by atoms with Crippen LogP contribution in [0.2, 0.25) is 0 Å². The Bertz CT molecular complexity index is 151. The number of aliphatic hydroxyl groups excluding tert-OH is 2. The summed E-state index contributed by atoms with van der Waals surface area (Å²) in [6.07, 6.45) is -2.12. The summed E-state index contributed by atoms with van der Waals surface area (Å²) in [6, 6.07) is 0. The van der Waals surface area contributed by atoms with Crippen molar-refractivity contribution in [2.45, 2.75) is 24.4 Å². The van der Waals surface area contributed by atoms with Crippen LogP contribution in [0.25, 0.3) is 0 Å². The lowest BCUT2D eigenvalue weighted by atomic mass is 10.0. The molecule has 5 heteroatoms. The molecule has 0 radical (unpaired) electrons. The van der Waals surface area contributed by atoms with E-state index < -0.39 is 18.3 Å². The molecule has 0 saturated carbocycles. The molecular weight excluding hydrogens is 176 g/mol. The van der Waals surface area contributed by atoms with Gasteiger partial charge in [-0.05, 0) is 0 Å². The van der Waals surface area contributed by atoms with Gasteiger partial charge in [-0.15, -0.1) is 0 Å². The maximum absolute atomic E-state index is 9.69. The summed E-state index contributed by atoms with van der Waals surface area (Å²) in [5, 5.41) is 18.6. The number of methoxy groups -OCH3 is 2. The Morgan fingerprint density at radius 1 is 1.38 bits per heavy atom. The molecule has 1 rings (SSSR count). The molecule has 0 aromatic carbocycles. The number of hydrogen-bond donors (Lipinski definition) is 2. The molecule has 3 unspecified atom stereocenters. The Morgan fingerprint density at radius 3 is 2.54 bits per heavy atom.